The molecule has 0 aromatic heterocycles. The van der Waals surface area contributed by atoms with E-state index in [4.69, 9.17) is 0 Å². The second-order valence-corrected chi connectivity index (χ2v) is 5.44. The van der Waals surface area contributed by atoms with Crippen molar-refractivity contribution in [2.45, 2.75) is 32.1 Å². The fraction of sp³-hybridized carbons (Fsp3) is 0.533. The van der Waals surface area contributed by atoms with E-state index >= 15 is 0 Å². The Kier molecular flexibility index (Phi) is 5.15. The van der Waals surface area contributed by atoms with Crippen LogP contribution < -0.4 is 15.4 Å². The van der Waals surface area contributed by atoms with Gasteiger partial charge in [-0.2, -0.15) is 13.2 Å². The van der Waals surface area contributed by atoms with Gasteiger partial charge in [-0.3, -0.25) is 4.99 Å². The molecule has 22 heavy (non-hydrogen) atoms. The molecule has 0 aliphatic heterocycles. The maximum Gasteiger partial charge on any atom is 0.422 e. The maximum absolute atomic E-state index is 12.1. The van der Waals surface area contributed by atoms with Crippen LogP contribution in [0.1, 0.15) is 18.9 Å². The number of alkyl halides is 3. The van der Waals surface area contributed by atoms with E-state index in [1.807, 2.05) is 0 Å². The van der Waals surface area contributed by atoms with Crippen molar-refractivity contribution < 1.29 is 17.9 Å². The first-order valence-electron chi connectivity index (χ1n) is 7.13. The molecule has 1 saturated carbocycles. The number of aliphatic imine (C=N–C) groups is 1. The fourth-order valence-corrected chi connectivity index (χ4v) is 1.95. The van der Waals surface area contributed by atoms with E-state index in [1.54, 1.807) is 19.2 Å². The van der Waals surface area contributed by atoms with Crippen LogP contribution in [-0.4, -0.2) is 31.8 Å². The molecule has 122 valence electrons. The molecular weight excluding hydrogens is 295 g/mol. The summed E-state index contributed by atoms with van der Waals surface area (Å²) in [5.41, 5.74) is 0.936. The lowest BCUT2D eigenvalue weighted by Gasteiger charge is -2.12. The van der Waals surface area contributed by atoms with Crippen LogP contribution >= 0.6 is 0 Å². The summed E-state index contributed by atoms with van der Waals surface area (Å²) in [4.78, 5) is 4.14. The van der Waals surface area contributed by atoms with Crippen LogP contribution in [0, 0.1) is 5.92 Å². The quantitative estimate of drug-likeness (QED) is 0.649. The summed E-state index contributed by atoms with van der Waals surface area (Å²) in [5.74, 6) is 1.60. The van der Waals surface area contributed by atoms with E-state index in [2.05, 4.69) is 27.3 Å². The zero-order valence-corrected chi connectivity index (χ0v) is 12.6. The topological polar surface area (TPSA) is 45.7 Å². The predicted molar refractivity (Wildman–Crippen MR) is 78.9 cm³/mol. The number of ether oxygens (including phenoxy) is 1. The van der Waals surface area contributed by atoms with Gasteiger partial charge in [0.2, 0.25) is 0 Å². The number of nitrogens with one attached hydrogen (secondary N) is 2. The van der Waals surface area contributed by atoms with Gasteiger partial charge in [-0.05, 0) is 30.0 Å². The molecule has 0 heterocycles. The summed E-state index contributed by atoms with van der Waals surface area (Å²) in [7, 11) is 1.70. The lowest BCUT2D eigenvalue weighted by atomic mass is 10.2. The highest BCUT2D eigenvalue weighted by molar-refractivity contribution is 5.80. The molecule has 0 radical (unpaired) electrons. The Morgan fingerprint density at radius 1 is 1.32 bits per heavy atom. The third-order valence-corrected chi connectivity index (χ3v) is 3.44. The fourth-order valence-electron chi connectivity index (χ4n) is 1.95. The molecule has 1 aromatic carbocycles. The molecule has 0 saturated heterocycles. The van der Waals surface area contributed by atoms with Gasteiger partial charge in [-0.1, -0.05) is 19.1 Å². The van der Waals surface area contributed by atoms with Crippen LogP contribution in [0.15, 0.2) is 29.3 Å². The Morgan fingerprint density at radius 3 is 2.45 bits per heavy atom. The summed E-state index contributed by atoms with van der Waals surface area (Å²) >= 11 is 0. The first-order valence-corrected chi connectivity index (χ1v) is 7.13. The molecule has 7 heteroatoms. The molecule has 0 spiro atoms. The maximum atomic E-state index is 12.1. The van der Waals surface area contributed by atoms with E-state index in [0.29, 0.717) is 18.5 Å². The van der Waals surface area contributed by atoms with Gasteiger partial charge in [0, 0.05) is 19.6 Å². The second-order valence-electron chi connectivity index (χ2n) is 5.44. The summed E-state index contributed by atoms with van der Waals surface area (Å²) in [6.07, 6.45) is -3.18. The third-order valence-electron chi connectivity index (χ3n) is 3.44. The molecule has 0 bridgehead atoms. The van der Waals surface area contributed by atoms with Gasteiger partial charge in [0.1, 0.15) is 5.75 Å². The molecule has 1 aliphatic carbocycles. The van der Waals surface area contributed by atoms with Gasteiger partial charge in [0.15, 0.2) is 12.6 Å². The molecule has 2 N–H and O–H groups in total. The van der Waals surface area contributed by atoms with Crippen molar-refractivity contribution in [3.05, 3.63) is 29.8 Å². The van der Waals surface area contributed by atoms with E-state index in [9.17, 15) is 13.2 Å². The van der Waals surface area contributed by atoms with Gasteiger partial charge in [-0.15, -0.1) is 0 Å². The van der Waals surface area contributed by atoms with Crippen molar-refractivity contribution in [3.63, 3.8) is 0 Å². The summed E-state index contributed by atoms with van der Waals surface area (Å²) in [5, 5.41) is 6.47. The van der Waals surface area contributed by atoms with Gasteiger partial charge in [0.25, 0.3) is 0 Å². The number of guanidine groups is 1. The molecule has 0 amide bonds. The molecule has 1 aromatic rings. The van der Waals surface area contributed by atoms with Crippen molar-refractivity contribution in [3.8, 4) is 5.75 Å². The minimum Gasteiger partial charge on any atom is -0.484 e. The van der Waals surface area contributed by atoms with Crippen molar-refractivity contribution in [2.75, 3.05) is 13.7 Å². The Bertz CT molecular complexity index is 514. The van der Waals surface area contributed by atoms with Gasteiger partial charge < -0.3 is 15.4 Å². The average molecular weight is 315 g/mol. The summed E-state index contributed by atoms with van der Waals surface area (Å²) < 4.78 is 40.8. The Labute approximate surface area is 127 Å². The van der Waals surface area contributed by atoms with E-state index < -0.39 is 12.8 Å². The minimum absolute atomic E-state index is 0.204. The largest absolute Gasteiger partial charge is 0.484 e. The van der Waals surface area contributed by atoms with E-state index in [0.717, 1.165) is 17.9 Å². The Morgan fingerprint density at radius 2 is 1.95 bits per heavy atom. The van der Waals surface area contributed by atoms with Crippen molar-refractivity contribution >= 4 is 5.96 Å². The van der Waals surface area contributed by atoms with Crippen LogP contribution in [0.3, 0.4) is 0 Å². The Balaban J connectivity index is 1.78. The molecule has 4 nitrogen and oxygen atoms in total. The lowest BCUT2D eigenvalue weighted by molar-refractivity contribution is -0.153. The summed E-state index contributed by atoms with van der Waals surface area (Å²) in [6, 6.07) is 6.99. The first kappa shape index (κ1) is 16.5. The zero-order valence-electron chi connectivity index (χ0n) is 12.6. The van der Waals surface area contributed by atoms with Crippen LogP contribution in [-0.2, 0) is 6.54 Å². The lowest BCUT2D eigenvalue weighted by Crippen LogP contribution is -2.38. The van der Waals surface area contributed by atoms with E-state index in [1.165, 1.54) is 12.1 Å². The van der Waals surface area contributed by atoms with Gasteiger partial charge >= 0.3 is 6.18 Å². The van der Waals surface area contributed by atoms with Crippen LogP contribution in [0.25, 0.3) is 0 Å². The molecule has 2 rings (SSSR count). The number of halogens is 3. The second kappa shape index (κ2) is 6.89. The van der Waals surface area contributed by atoms with Crippen molar-refractivity contribution in [1.29, 1.82) is 0 Å². The molecule has 1 fully saturated rings. The number of hydrogen-bond acceptors (Lipinski definition) is 2. The number of benzene rings is 1. The standard InChI is InChI=1S/C15H20F3N3O/c1-10-7-13(10)21-14(19-2)20-8-11-3-5-12(6-4-11)22-9-15(16,17)18/h3-6,10,13H,7-9H2,1-2H3,(H2,19,20,21). The number of hydrogen-bond donors (Lipinski definition) is 2. The SMILES string of the molecule is CN=C(NCc1ccc(OCC(F)(F)F)cc1)NC1CC1C. The van der Waals surface area contributed by atoms with Gasteiger partial charge in [0.05, 0.1) is 0 Å². The van der Waals surface area contributed by atoms with Crippen LogP contribution in [0.4, 0.5) is 13.2 Å². The monoisotopic (exact) mass is 315 g/mol. The predicted octanol–water partition coefficient (Wildman–Crippen LogP) is 2.70. The molecular formula is C15H20F3N3O. The van der Waals surface area contributed by atoms with Crippen molar-refractivity contribution in [2.24, 2.45) is 10.9 Å². The zero-order chi connectivity index (χ0) is 16.2. The van der Waals surface area contributed by atoms with E-state index in [-0.39, 0.29) is 5.75 Å². The van der Waals surface area contributed by atoms with Crippen molar-refractivity contribution in [1.82, 2.24) is 10.6 Å². The number of nitrogens with zero attached hydrogens (tertiary/aromatic N) is 1. The highest BCUT2D eigenvalue weighted by atomic mass is 19.4. The summed E-state index contributed by atoms with van der Waals surface area (Å²) in [6.45, 7) is 1.44. The minimum atomic E-state index is -4.32. The van der Waals surface area contributed by atoms with Crippen LogP contribution in [0.2, 0.25) is 0 Å². The van der Waals surface area contributed by atoms with Crippen LogP contribution in [0.5, 0.6) is 5.75 Å². The molecule has 2 unspecified atom stereocenters. The first-order chi connectivity index (χ1) is 10.4. The third kappa shape index (κ3) is 5.46. The highest BCUT2D eigenvalue weighted by Gasteiger charge is 2.33. The Hall–Kier alpha value is -1.92. The normalized spacial score (nSPS) is 21.4. The molecule has 2 atom stereocenters. The van der Waals surface area contributed by atoms with Gasteiger partial charge in [-0.25, -0.2) is 0 Å². The average Bonchev–Trinajstić information content (AvgIpc) is 3.16. The molecule has 1 aliphatic rings. The number of rotatable bonds is 5. The highest BCUT2D eigenvalue weighted by Crippen LogP contribution is 2.28. The smallest absolute Gasteiger partial charge is 0.422 e.